The summed E-state index contributed by atoms with van der Waals surface area (Å²) in [6.45, 7) is 11.7. The second-order valence-electron chi connectivity index (χ2n) is 5.56. The molecular weight excluding hydrogens is 248 g/mol. The van der Waals surface area contributed by atoms with Crippen LogP contribution < -0.4 is 10.2 Å². The van der Waals surface area contributed by atoms with Crippen LogP contribution in [0.2, 0.25) is 0 Å². The van der Waals surface area contributed by atoms with Gasteiger partial charge in [-0.15, -0.1) is 0 Å². The Balaban J connectivity index is 2.58. The molecule has 1 N–H and O–H groups in total. The van der Waals surface area contributed by atoms with Crippen LogP contribution in [-0.2, 0) is 6.54 Å². The maximum atomic E-state index is 4.53. The third kappa shape index (κ3) is 5.87. The molecule has 0 saturated carbocycles. The van der Waals surface area contributed by atoms with Crippen molar-refractivity contribution in [1.82, 2.24) is 15.3 Å². The topological polar surface area (TPSA) is 41.1 Å². The second-order valence-corrected chi connectivity index (χ2v) is 5.56. The van der Waals surface area contributed by atoms with Crippen molar-refractivity contribution in [1.29, 1.82) is 0 Å². The standard InChI is InChI=1S/C16H30N4/c1-5-7-8-10-20(14(3)4)16-18-12-15(13-19-16)11-17-9-6-2/h12-14,17H,5-11H2,1-4H3. The average molecular weight is 278 g/mol. The molecule has 1 aromatic heterocycles. The predicted molar refractivity (Wildman–Crippen MR) is 86.0 cm³/mol. The largest absolute Gasteiger partial charge is 0.338 e. The SMILES string of the molecule is CCCCCN(c1ncc(CNCCC)cn1)C(C)C. The molecule has 0 atom stereocenters. The summed E-state index contributed by atoms with van der Waals surface area (Å²) in [5.41, 5.74) is 1.15. The molecule has 4 heteroatoms. The van der Waals surface area contributed by atoms with E-state index < -0.39 is 0 Å². The van der Waals surface area contributed by atoms with Gasteiger partial charge >= 0.3 is 0 Å². The van der Waals surface area contributed by atoms with Crippen LogP contribution in [0.4, 0.5) is 5.95 Å². The highest BCUT2D eigenvalue weighted by molar-refractivity contribution is 5.31. The lowest BCUT2D eigenvalue weighted by Crippen LogP contribution is -2.33. The van der Waals surface area contributed by atoms with E-state index in [0.717, 1.165) is 37.6 Å². The summed E-state index contributed by atoms with van der Waals surface area (Å²) < 4.78 is 0. The number of nitrogens with zero attached hydrogens (tertiary/aromatic N) is 3. The van der Waals surface area contributed by atoms with Crippen molar-refractivity contribution in [3.05, 3.63) is 18.0 Å². The second kappa shape index (κ2) is 9.70. The van der Waals surface area contributed by atoms with Gasteiger partial charge in [0.2, 0.25) is 5.95 Å². The minimum atomic E-state index is 0.441. The van der Waals surface area contributed by atoms with Crippen LogP contribution in [0.1, 0.15) is 58.9 Å². The highest BCUT2D eigenvalue weighted by Gasteiger charge is 2.12. The van der Waals surface area contributed by atoms with Gasteiger partial charge < -0.3 is 10.2 Å². The van der Waals surface area contributed by atoms with Crippen molar-refractivity contribution >= 4 is 5.95 Å². The summed E-state index contributed by atoms with van der Waals surface area (Å²) in [5, 5.41) is 3.37. The lowest BCUT2D eigenvalue weighted by atomic mass is 10.2. The summed E-state index contributed by atoms with van der Waals surface area (Å²) in [6.07, 6.45) is 8.76. The molecule has 0 radical (unpaired) electrons. The van der Waals surface area contributed by atoms with E-state index >= 15 is 0 Å². The van der Waals surface area contributed by atoms with Gasteiger partial charge in [-0.2, -0.15) is 0 Å². The summed E-state index contributed by atoms with van der Waals surface area (Å²) in [7, 11) is 0. The highest BCUT2D eigenvalue weighted by atomic mass is 15.3. The Morgan fingerprint density at radius 3 is 2.35 bits per heavy atom. The Morgan fingerprint density at radius 1 is 1.10 bits per heavy atom. The quantitative estimate of drug-likeness (QED) is 0.666. The van der Waals surface area contributed by atoms with Crippen molar-refractivity contribution in [2.24, 2.45) is 0 Å². The Hall–Kier alpha value is -1.16. The van der Waals surface area contributed by atoms with Crippen molar-refractivity contribution < 1.29 is 0 Å². The van der Waals surface area contributed by atoms with Gasteiger partial charge in [-0.25, -0.2) is 9.97 Å². The van der Waals surface area contributed by atoms with Crippen LogP contribution in [0.5, 0.6) is 0 Å². The molecule has 0 amide bonds. The van der Waals surface area contributed by atoms with E-state index in [2.05, 4.69) is 47.9 Å². The molecule has 114 valence electrons. The zero-order valence-electron chi connectivity index (χ0n) is 13.5. The van der Waals surface area contributed by atoms with Gasteiger partial charge in [0.15, 0.2) is 0 Å². The van der Waals surface area contributed by atoms with Crippen molar-refractivity contribution in [3.63, 3.8) is 0 Å². The predicted octanol–water partition coefficient (Wildman–Crippen LogP) is 3.38. The zero-order chi connectivity index (χ0) is 14.8. The zero-order valence-corrected chi connectivity index (χ0v) is 13.5. The molecule has 0 fully saturated rings. The molecule has 1 aromatic rings. The molecule has 0 aliphatic carbocycles. The molecular formula is C16H30N4. The van der Waals surface area contributed by atoms with E-state index in [-0.39, 0.29) is 0 Å². The van der Waals surface area contributed by atoms with E-state index in [0.29, 0.717) is 6.04 Å². The number of unbranched alkanes of at least 4 members (excludes halogenated alkanes) is 2. The van der Waals surface area contributed by atoms with E-state index in [4.69, 9.17) is 0 Å². The van der Waals surface area contributed by atoms with Crippen LogP contribution in [0.15, 0.2) is 12.4 Å². The van der Waals surface area contributed by atoms with Crippen LogP contribution in [0.3, 0.4) is 0 Å². The van der Waals surface area contributed by atoms with Gasteiger partial charge in [0.05, 0.1) is 0 Å². The monoisotopic (exact) mass is 278 g/mol. The number of anilines is 1. The minimum Gasteiger partial charge on any atom is -0.338 e. The Morgan fingerprint density at radius 2 is 1.80 bits per heavy atom. The molecule has 20 heavy (non-hydrogen) atoms. The van der Waals surface area contributed by atoms with Gasteiger partial charge in [0, 0.05) is 37.1 Å². The van der Waals surface area contributed by atoms with E-state index in [9.17, 15) is 0 Å². The lowest BCUT2D eigenvalue weighted by Gasteiger charge is -2.26. The van der Waals surface area contributed by atoms with E-state index in [1.807, 2.05) is 12.4 Å². The lowest BCUT2D eigenvalue weighted by molar-refractivity contribution is 0.610. The molecule has 0 spiro atoms. The summed E-state index contributed by atoms with van der Waals surface area (Å²) in [4.78, 5) is 11.4. The Bertz CT molecular complexity index is 348. The summed E-state index contributed by atoms with van der Waals surface area (Å²) in [5.74, 6) is 0.857. The number of nitrogens with one attached hydrogen (secondary N) is 1. The maximum absolute atomic E-state index is 4.53. The number of aromatic nitrogens is 2. The smallest absolute Gasteiger partial charge is 0.225 e. The average Bonchev–Trinajstić information content (AvgIpc) is 2.45. The van der Waals surface area contributed by atoms with Gasteiger partial charge in [-0.05, 0) is 33.2 Å². The van der Waals surface area contributed by atoms with E-state index in [1.54, 1.807) is 0 Å². The first-order valence-corrected chi connectivity index (χ1v) is 7.97. The molecule has 0 aliphatic rings. The first kappa shape index (κ1) is 16.9. The summed E-state index contributed by atoms with van der Waals surface area (Å²) in [6, 6.07) is 0.441. The van der Waals surface area contributed by atoms with E-state index in [1.165, 1.54) is 19.3 Å². The van der Waals surface area contributed by atoms with Crippen LogP contribution >= 0.6 is 0 Å². The first-order valence-electron chi connectivity index (χ1n) is 7.97. The molecule has 0 saturated heterocycles. The van der Waals surface area contributed by atoms with Crippen molar-refractivity contribution in [2.45, 2.75) is 66.0 Å². The summed E-state index contributed by atoms with van der Waals surface area (Å²) >= 11 is 0. The van der Waals surface area contributed by atoms with Crippen LogP contribution in [0.25, 0.3) is 0 Å². The molecule has 4 nitrogen and oxygen atoms in total. The fourth-order valence-electron chi connectivity index (χ4n) is 2.12. The Kier molecular flexibility index (Phi) is 8.19. The number of hydrogen-bond acceptors (Lipinski definition) is 4. The minimum absolute atomic E-state index is 0.441. The van der Waals surface area contributed by atoms with Crippen LogP contribution in [0, 0.1) is 0 Å². The number of rotatable bonds is 10. The van der Waals surface area contributed by atoms with Crippen LogP contribution in [-0.4, -0.2) is 29.1 Å². The highest BCUT2D eigenvalue weighted by Crippen LogP contribution is 2.12. The number of hydrogen-bond donors (Lipinski definition) is 1. The van der Waals surface area contributed by atoms with Gasteiger partial charge in [0.1, 0.15) is 0 Å². The third-order valence-electron chi connectivity index (χ3n) is 3.33. The van der Waals surface area contributed by atoms with Crippen molar-refractivity contribution in [2.75, 3.05) is 18.0 Å². The Labute approximate surface area is 124 Å². The van der Waals surface area contributed by atoms with Crippen molar-refractivity contribution in [3.8, 4) is 0 Å². The van der Waals surface area contributed by atoms with Gasteiger partial charge in [0.25, 0.3) is 0 Å². The molecule has 1 heterocycles. The molecule has 1 rings (SSSR count). The molecule has 0 aromatic carbocycles. The van der Waals surface area contributed by atoms with Gasteiger partial charge in [-0.1, -0.05) is 26.7 Å². The molecule has 0 bridgehead atoms. The fraction of sp³-hybridized carbons (Fsp3) is 0.750. The van der Waals surface area contributed by atoms with Gasteiger partial charge in [-0.3, -0.25) is 0 Å². The maximum Gasteiger partial charge on any atom is 0.225 e. The first-order chi connectivity index (χ1) is 9.69. The normalized spacial score (nSPS) is 11.1. The molecule has 0 unspecified atom stereocenters. The molecule has 0 aliphatic heterocycles. The fourth-order valence-corrected chi connectivity index (χ4v) is 2.12. The third-order valence-corrected chi connectivity index (χ3v) is 3.33.